The Bertz CT molecular complexity index is 1080. The molecule has 1 unspecified atom stereocenters. The van der Waals surface area contributed by atoms with Gasteiger partial charge in [0.1, 0.15) is 23.6 Å². The highest BCUT2D eigenvalue weighted by Crippen LogP contribution is 2.54. The smallest absolute Gasteiger partial charge is 0.245 e. The van der Waals surface area contributed by atoms with Crippen LogP contribution in [0.2, 0.25) is 0 Å². The molecule has 0 saturated heterocycles. The van der Waals surface area contributed by atoms with E-state index in [4.69, 9.17) is 4.74 Å². The fourth-order valence-corrected chi connectivity index (χ4v) is 4.56. The molecule has 3 nitrogen and oxygen atoms in total. The minimum atomic E-state index is -0.991. The number of benzene rings is 3. The van der Waals surface area contributed by atoms with Crippen LogP contribution in [0.25, 0.3) is 10.8 Å². The summed E-state index contributed by atoms with van der Waals surface area (Å²) in [6.45, 7) is 0.192. The van der Waals surface area contributed by atoms with Gasteiger partial charge in [-0.15, -0.1) is 0 Å². The molecule has 0 saturated carbocycles. The van der Waals surface area contributed by atoms with Crippen molar-refractivity contribution in [3.63, 3.8) is 0 Å². The molecule has 0 aliphatic carbocycles. The van der Waals surface area contributed by atoms with Crippen LogP contribution in [-0.4, -0.2) is 19.6 Å². The summed E-state index contributed by atoms with van der Waals surface area (Å²) in [6.07, 6.45) is 0. The fourth-order valence-electron chi connectivity index (χ4n) is 4.18. The zero-order valence-electron chi connectivity index (χ0n) is 13.3. The third-order valence-corrected chi connectivity index (χ3v) is 5.76. The molecule has 0 N–H and O–H groups in total. The number of hydrogen-bond acceptors (Lipinski definition) is 2. The van der Waals surface area contributed by atoms with Crippen molar-refractivity contribution in [2.75, 3.05) is 18.6 Å². The van der Waals surface area contributed by atoms with E-state index >= 15 is 0 Å². The number of carbonyl (C=O) groups excluding carboxylic acids is 1. The number of hydrogen-bond donors (Lipinski definition) is 0. The molecule has 0 fully saturated rings. The molecule has 0 bridgehead atoms. The van der Waals surface area contributed by atoms with Crippen molar-refractivity contribution in [2.24, 2.45) is 0 Å². The first-order chi connectivity index (χ1) is 12.0. The highest BCUT2D eigenvalue weighted by molar-refractivity contribution is 9.10. The third-order valence-electron chi connectivity index (χ3n) is 5.27. The van der Waals surface area contributed by atoms with Crippen molar-refractivity contribution < 1.29 is 13.9 Å². The van der Waals surface area contributed by atoms with Crippen LogP contribution >= 0.6 is 15.9 Å². The summed E-state index contributed by atoms with van der Waals surface area (Å²) in [5.41, 5.74) is 0.862. The minimum absolute atomic E-state index is 0.151. The molecule has 0 aromatic heterocycles. The lowest BCUT2D eigenvalue weighted by Gasteiger charge is -2.22. The second-order valence-electron chi connectivity index (χ2n) is 6.50. The van der Waals surface area contributed by atoms with E-state index in [1.807, 2.05) is 36.4 Å². The van der Waals surface area contributed by atoms with Gasteiger partial charge in [-0.05, 0) is 35.0 Å². The van der Waals surface area contributed by atoms with E-state index in [0.29, 0.717) is 17.0 Å². The standard InChI is InChI=1S/C20H13BrFNO2/c1-23-18-14(3-2-4-15(18)22)20(19(23)24)10-25-16-8-5-11-9-12(21)6-7-13(11)17(16)20/h2-9H,10H2,1H3. The minimum Gasteiger partial charge on any atom is -0.491 e. The van der Waals surface area contributed by atoms with Gasteiger partial charge in [-0.25, -0.2) is 4.39 Å². The number of ether oxygens (including phenoxy) is 1. The zero-order valence-corrected chi connectivity index (χ0v) is 14.9. The van der Waals surface area contributed by atoms with Gasteiger partial charge in [0.2, 0.25) is 5.91 Å². The Balaban J connectivity index is 1.91. The van der Waals surface area contributed by atoms with Gasteiger partial charge < -0.3 is 9.64 Å². The molecule has 0 radical (unpaired) electrons. The lowest BCUT2D eigenvalue weighted by Crippen LogP contribution is -2.41. The van der Waals surface area contributed by atoms with Crippen molar-refractivity contribution >= 4 is 38.3 Å². The lowest BCUT2D eigenvalue weighted by atomic mass is 9.75. The Morgan fingerprint density at radius 1 is 1.20 bits per heavy atom. The number of likely N-dealkylation sites (N-methyl/N-ethyl adjacent to an activating group) is 1. The van der Waals surface area contributed by atoms with E-state index < -0.39 is 5.41 Å². The molecule has 124 valence electrons. The average Bonchev–Trinajstić information content (AvgIpc) is 3.09. The molecule has 3 aromatic rings. The first-order valence-corrected chi connectivity index (χ1v) is 8.76. The lowest BCUT2D eigenvalue weighted by molar-refractivity contribution is -0.121. The Morgan fingerprint density at radius 3 is 2.88 bits per heavy atom. The van der Waals surface area contributed by atoms with Crippen LogP contribution in [-0.2, 0) is 10.2 Å². The summed E-state index contributed by atoms with van der Waals surface area (Å²) < 4.78 is 21.3. The van der Waals surface area contributed by atoms with Crippen molar-refractivity contribution in [1.29, 1.82) is 0 Å². The first-order valence-electron chi connectivity index (χ1n) is 7.97. The highest BCUT2D eigenvalue weighted by Gasteiger charge is 2.57. The first kappa shape index (κ1) is 14.9. The molecule has 2 aliphatic rings. The highest BCUT2D eigenvalue weighted by atomic mass is 79.9. The van der Waals surface area contributed by atoms with Crippen LogP contribution in [0.15, 0.2) is 53.0 Å². The van der Waals surface area contributed by atoms with E-state index in [0.717, 1.165) is 20.8 Å². The van der Waals surface area contributed by atoms with E-state index in [2.05, 4.69) is 15.9 Å². The number of rotatable bonds is 0. The summed E-state index contributed by atoms with van der Waals surface area (Å²) in [7, 11) is 1.62. The number of nitrogens with zero attached hydrogens (tertiary/aromatic N) is 1. The summed E-state index contributed by atoms with van der Waals surface area (Å²) >= 11 is 3.49. The molecule has 5 heteroatoms. The average molecular weight is 398 g/mol. The maximum Gasteiger partial charge on any atom is 0.245 e. The summed E-state index contributed by atoms with van der Waals surface area (Å²) in [5.74, 6) is 0.150. The largest absolute Gasteiger partial charge is 0.491 e. The Labute approximate surface area is 152 Å². The molecule has 1 spiro atoms. The van der Waals surface area contributed by atoms with Gasteiger partial charge in [0.05, 0.1) is 5.69 Å². The van der Waals surface area contributed by atoms with Crippen LogP contribution in [0.5, 0.6) is 5.75 Å². The monoisotopic (exact) mass is 397 g/mol. The summed E-state index contributed by atoms with van der Waals surface area (Å²) in [4.78, 5) is 14.7. The van der Waals surface area contributed by atoms with Crippen molar-refractivity contribution in [1.82, 2.24) is 0 Å². The zero-order chi connectivity index (χ0) is 17.3. The summed E-state index contributed by atoms with van der Waals surface area (Å²) in [6, 6.07) is 14.7. The SMILES string of the molecule is CN1C(=O)C2(COc3ccc4cc(Br)ccc4c32)c2cccc(F)c21. The fraction of sp³-hybridized carbons (Fsp3) is 0.150. The number of carbonyl (C=O) groups is 1. The molecule has 1 amide bonds. The normalized spacial score (nSPS) is 20.9. The molecule has 3 aromatic carbocycles. The van der Waals surface area contributed by atoms with Crippen molar-refractivity contribution in [3.05, 3.63) is 69.9 Å². The van der Waals surface area contributed by atoms with Crippen LogP contribution in [0, 0.1) is 5.82 Å². The Hall–Kier alpha value is -2.40. The third kappa shape index (κ3) is 1.71. The van der Waals surface area contributed by atoms with Crippen LogP contribution in [0.3, 0.4) is 0 Å². The van der Waals surface area contributed by atoms with E-state index in [1.54, 1.807) is 13.1 Å². The molecule has 1 atom stereocenters. The van der Waals surface area contributed by atoms with Gasteiger partial charge in [0.15, 0.2) is 0 Å². The molecule has 2 heterocycles. The second kappa shape index (κ2) is 4.82. The van der Waals surface area contributed by atoms with Crippen LogP contribution < -0.4 is 9.64 Å². The maximum absolute atomic E-state index is 14.5. The molecule has 25 heavy (non-hydrogen) atoms. The van der Waals surface area contributed by atoms with Gasteiger partial charge >= 0.3 is 0 Å². The van der Waals surface area contributed by atoms with E-state index in [-0.39, 0.29) is 18.3 Å². The topological polar surface area (TPSA) is 29.5 Å². The maximum atomic E-state index is 14.5. The Kier molecular flexibility index (Phi) is 2.87. The quantitative estimate of drug-likeness (QED) is 0.562. The summed E-state index contributed by atoms with van der Waals surface area (Å²) in [5, 5.41) is 1.97. The van der Waals surface area contributed by atoms with Crippen LogP contribution in [0.1, 0.15) is 11.1 Å². The Morgan fingerprint density at radius 2 is 2.04 bits per heavy atom. The number of amides is 1. The number of anilines is 1. The van der Waals surface area contributed by atoms with Gasteiger partial charge in [-0.3, -0.25) is 4.79 Å². The van der Waals surface area contributed by atoms with Crippen molar-refractivity contribution in [3.8, 4) is 5.75 Å². The van der Waals surface area contributed by atoms with E-state index in [1.165, 1.54) is 11.0 Å². The van der Waals surface area contributed by atoms with Crippen molar-refractivity contribution in [2.45, 2.75) is 5.41 Å². The molecular weight excluding hydrogens is 385 g/mol. The number of para-hydroxylation sites is 1. The molecule has 5 rings (SSSR count). The van der Waals surface area contributed by atoms with Gasteiger partial charge in [0.25, 0.3) is 0 Å². The predicted octanol–water partition coefficient (Wildman–Crippen LogP) is 4.40. The number of fused-ring (bicyclic) bond motifs is 6. The number of halogens is 2. The van der Waals surface area contributed by atoms with Gasteiger partial charge in [-0.1, -0.05) is 40.2 Å². The van der Waals surface area contributed by atoms with Crippen LogP contribution in [0.4, 0.5) is 10.1 Å². The predicted molar refractivity (Wildman–Crippen MR) is 97.7 cm³/mol. The molecule has 2 aliphatic heterocycles. The molecular formula is C20H13BrFNO2. The second-order valence-corrected chi connectivity index (χ2v) is 7.41. The van der Waals surface area contributed by atoms with Gasteiger partial charge in [0, 0.05) is 22.6 Å². The van der Waals surface area contributed by atoms with Gasteiger partial charge in [-0.2, -0.15) is 0 Å². The van der Waals surface area contributed by atoms with E-state index in [9.17, 15) is 9.18 Å².